The van der Waals surface area contributed by atoms with Gasteiger partial charge in [-0.05, 0) is 74.2 Å². The van der Waals surface area contributed by atoms with Crippen LogP contribution >= 0.6 is 23.4 Å². The number of aryl methyl sites for hydroxylation is 2. The molecule has 0 aliphatic heterocycles. The summed E-state index contributed by atoms with van der Waals surface area (Å²) < 4.78 is 7.63. The van der Waals surface area contributed by atoms with Crippen LogP contribution in [0.1, 0.15) is 35.3 Å². The third-order valence-corrected chi connectivity index (χ3v) is 7.40. The number of halogens is 1. The predicted molar refractivity (Wildman–Crippen MR) is 151 cm³/mol. The SMILES string of the molecule is CCOCCCn1c(S[C@@H](C(=O)Nc2cc(C)ccc2C)c2ccccc2)nnc1-c1ccc(Cl)cc1. The van der Waals surface area contributed by atoms with Crippen LogP contribution < -0.4 is 5.32 Å². The minimum atomic E-state index is -0.519. The summed E-state index contributed by atoms with van der Waals surface area (Å²) in [5, 5.41) is 13.0. The van der Waals surface area contributed by atoms with Crippen LogP contribution in [0.5, 0.6) is 0 Å². The van der Waals surface area contributed by atoms with Gasteiger partial charge >= 0.3 is 0 Å². The number of nitrogens with one attached hydrogen (secondary N) is 1. The average Bonchev–Trinajstić information content (AvgIpc) is 3.30. The number of aromatic nitrogens is 3. The number of hydrogen-bond acceptors (Lipinski definition) is 5. The molecular weight excluding hydrogens is 504 g/mol. The van der Waals surface area contributed by atoms with Crippen molar-refractivity contribution in [2.24, 2.45) is 0 Å². The van der Waals surface area contributed by atoms with Gasteiger partial charge in [0.25, 0.3) is 0 Å². The second-order valence-electron chi connectivity index (χ2n) is 8.73. The van der Waals surface area contributed by atoms with E-state index >= 15 is 0 Å². The van der Waals surface area contributed by atoms with Gasteiger partial charge in [0.1, 0.15) is 5.25 Å². The molecule has 8 heteroatoms. The predicted octanol–water partition coefficient (Wildman–Crippen LogP) is 7.11. The van der Waals surface area contributed by atoms with E-state index in [2.05, 4.69) is 20.1 Å². The van der Waals surface area contributed by atoms with E-state index in [9.17, 15) is 4.79 Å². The first kappa shape index (κ1) is 26.9. The normalized spacial score (nSPS) is 11.9. The molecule has 0 bridgehead atoms. The molecule has 1 N–H and O–H groups in total. The van der Waals surface area contributed by atoms with Crippen LogP contribution in [-0.4, -0.2) is 33.9 Å². The molecule has 1 aromatic heterocycles. The van der Waals surface area contributed by atoms with Crippen LogP contribution in [0.15, 0.2) is 78.0 Å². The molecule has 1 atom stereocenters. The first-order valence-electron chi connectivity index (χ1n) is 12.3. The Morgan fingerprint density at radius 3 is 2.54 bits per heavy atom. The fraction of sp³-hybridized carbons (Fsp3) is 0.276. The number of ether oxygens (including phenoxy) is 1. The lowest BCUT2D eigenvalue weighted by Crippen LogP contribution is -2.20. The molecule has 0 saturated heterocycles. The zero-order chi connectivity index (χ0) is 26.2. The first-order chi connectivity index (χ1) is 18.0. The van der Waals surface area contributed by atoms with Crippen molar-refractivity contribution < 1.29 is 9.53 Å². The van der Waals surface area contributed by atoms with Crippen molar-refractivity contribution in [2.75, 3.05) is 18.5 Å². The third-order valence-electron chi connectivity index (χ3n) is 5.91. The van der Waals surface area contributed by atoms with Gasteiger partial charge in [0.05, 0.1) is 0 Å². The summed E-state index contributed by atoms with van der Waals surface area (Å²) >= 11 is 7.51. The number of thioether (sulfide) groups is 1. The number of carbonyl (C=O) groups excluding carboxylic acids is 1. The van der Waals surface area contributed by atoms with E-state index in [1.165, 1.54) is 11.8 Å². The Hall–Kier alpha value is -3.13. The minimum Gasteiger partial charge on any atom is -0.382 e. The zero-order valence-corrected chi connectivity index (χ0v) is 22.9. The van der Waals surface area contributed by atoms with E-state index in [4.69, 9.17) is 16.3 Å². The van der Waals surface area contributed by atoms with Crippen molar-refractivity contribution in [2.45, 2.75) is 44.1 Å². The number of carbonyl (C=O) groups is 1. The van der Waals surface area contributed by atoms with Crippen LogP contribution in [0.25, 0.3) is 11.4 Å². The molecule has 6 nitrogen and oxygen atoms in total. The van der Waals surface area contributed by atoms with Crippen molar-refractivity contribution >= 4 is 35.0 Å². The summed E-state index contributed by atoms with van der Waals surface area (Å²) in [6.45, 7) is 7.96. The Morgan fingerprint density at radius 1 is 1.05 bits per heavy atom. The molecule has 0 unspecified atom stereocenters. The molecule has 192 valence electrons. The molecular formula is C29H31ClN4O2S. The highest BCUT2D eigenvalue weighted by Gasteiger charge is 2.26. The van der Waals surface area contributed by atoms with Gasteiger partial charge in [0.2, 0.25) is 5.91 Å². The van der Waals surface area contributed by atoms with Crippen LogP contribution in [0.3, 0.4) is 0 Å². The van der Waals surface area contributed by atoms with E-state index in [1.807, 2.05) is 93.6 Å². The summed E-state index contributed by atoms with van der Waals surface area (Å²) in [5.74, 6) is 0.624. The van der Waals surface area contributed by atoms with Gasteiger partial charge in [-0.3, -0.25) is 4.79 Å². The Kier molecular flexibility index (Phi) is 9.39. The van der Waals surface area contributed by atoms with E-state index in [-0.39, 0.29) is 5.91 Å². The molecule has 0 spiro atoms. The van der Waals surface area contributed by atoms with Gasteiger partial charge in [-0.15, -0.1) is 10.2 Å². The quantitative estimate of drug-likeness (QED) is 0.164. The Morgan fingerprint density at radius 2 is 1.81 bits per heavy atom. The number of benzene rings is 3. The maximum absolute atomic E-state index is 13.7. The largest absolute Gasteiger partial charge is 0.382 e. The second-order valence-corrected chi connectivity index (χ2v) is 10.2. The molecule has 0 saturated carbocycles. The molecule has 4 rings (SSSR count). The van der Waals surface area contributed by atoms with Crippen molar-refractivity contribution in [3.63, 3.8) is 0 Å². The number of rotatable bonds is 11. The van der Waals surface area contributed by atoms with Crippen molar-refractivity contribution in [1.82, 2.24) is 14.8 Å². The minimum absolute atomic E-state index is 0.109. The van der Waals surface area contributed by atoms with Crippen LogP contribution in [0.2, 0.25) is 5.02 Å². The molecule has 4 aromatic rings. The Balaban J connectivity index is 1.67. The molecule has 0 radical (unpaired) electrons. The van der Waals surface area contributed by atoms with Gasteiger partial charge < -0.3 is 14.6 Å². The number of amides is 1. The Bertz CT molecular complexity index is 1330. The smallest absolute Gasteiger partial charge is 0.242 e. The lowest BCUT2D eigenvalue weighted by Gasteiger charge is -2.19. The Labute approximate surface area is 227 Å². The number of nitrogens with zero attached hydrogens (tertiary/aromatic N) is 3. The summed E-state index contributed by atoms with van der Waals surface area (Å²) in [4.78, 5) is 13.7. The monoisotopic (exact) mass is 534 g/mol. The topological polar surface area (TPSA) is 69.0 Å². The van der Waals surface area contributed by atoms with Gasteiger partial charge in [-0.25, -0.2) is 0 Å². The zero-order valence-electron chi connectivity index (χ0n) is 21.3. The maximum Gasteiger partial charge on any atom is 0.242 e. The summed E-state index contributed by atoms with van der Waals surface area (Å²) in [6.07, 6.45) is 0.796. The molecule has 0 fully saturated rings. The second kappa shape index (κ2) is 12.9. The summed E-state index contributed by atoms with van der Waals surface area (Å²) in [7, 11) is 0. The third kappa shape index (κ3) is 7.01. The molecule has 3 aromatic carbocycles. The first-order valence-corrected chi connectivity index (χ1v) is 13.6. The van der Waals surface area contributed by atoms with Crippen molar-refractivity contribution in [3.8, 4) is 11.4 Å². The molecule has 1 amide bonds. The highest BCUT2D eigenvalue weighted by atomic mass is 35.5. The van der Waals surface area contributed by atoms with Crippen LogP contribution in [0, 0.1) is 13.8 Å². The molecule has 0 aliphatic carbocycles. The van der Waals surface area contributed by atoms with Crippen LogP contribution in [0.4, 0.5) is 5.69 Å². The lowest BCUT2D eigenvalue weighted by atomic mass is 10.1. The van der Waals surface area contributed by atoms with Crippen molar-refractivity contribution in [3.05, 3.63) is 94.5 Å². The van der Waals surface area contributed by atoms with E-state index in [0.717, 1.165) is 40.2 Å². The summed E-state index contributed by atoms with van der Waals surface area (Å²) in [5.41, 5.74) is 4.72. The standard InChI is InChI=1S/C29H31ClN4O2S/c1-4-36-18-8-17-34-27(23-13-15-24(30)16-14-23)32-33-29(34)37-26(22-9-6-5-7-10-22)28(35)31-25-19-20(2)11-12-21(25)3/h5-7,9-16,19,26H,4,8,17-18H2,1-3H3,(H,31,35)/t26-/m1/s1. The van der Waals surface area contributed by atoms with Gasteiger partial charge in [-0.2, -0.15) is 0 Å². The van der Waals surface area contributed by atoms with Gasteiger partial charge in [0.15, 0.2) is 11.0 Å². The van der Waals surface area contributed by atoms with Gasteiger partial charge in [-0.1, -0.05) is 65.8 Å². The summed E-state index contributed by atoms with van der Waals surface area (Å²) in [6, 6.07) is 23.4. The number of anilines is 1. The van der Waals surface area contributed by atoms with Crippen LogP contribution in [-0.2, 0) is 16.1 Å². The van der Waals surface area contributed by atoms with Crippen molar-refractivity contribution in [1.29, 1.82) is 0 Å². The van der Waals surface area contributed by atoms with Gasteiger partial charge in [0, 0.05) is 36.0 Å². The van der Waals surface area contributed by atoms with E-state index < -0.39 is 5.25 Å². The molecule has 0 aliphatic rings. The molecule has 1 heterocycles. The highest BCUT2D eigenvalue weighted by molar-refractivity contribution is 8.00. The van der Waals surface area contributed by atoms with E-state index in [1.54, 1.807) is 0 Å². The average molecular weight is 535 g/mol. The number of hydrogen-bond donors (Lipinski definition) is 1. The lowest BCUT2D eigenvalue weighted by molar-refractivity contribution is -0.115. The fourth-order valence-electron chi connectivity index (χ4n) is 3.93. The highest BCUT2D eigenvalue weighted by Crippen LogP contribution is 2.37. The molecule has 37 heavy (non-hydrogen) atoms. The maximum atomic E-state index is 13.7. The van der Waals surface area contributed by atoms with E-state index in [0.29, 0.717) is 29.9 Å². The fourth-order valence-corrected chi connectivity index (χ4v) is 5.12.